The number of hydrogen-bond donors (Lipinski definition) is 2. The number of oxime groups is 1. The van der Waals surface area contributed by atoms with Crippen LogP contribution in [0, 0.1) is 0 Å². The number of aryl methyl sites for hydroxylation is 2. The Labute approximate surface area is 119 Å². The van der Waals surface area contributed by atoms with Gasteiger partial charge in [-0.25, -0.2) is 0 Å². The Hall–Kier alpha value is -2.05. The second-order valence-corrected chi connectivity index (χ2v) is 4.75. The Morgan fingerprint density at radius 1 is 1.60 bits per heavy atom. The van der Waals surface area contributed by atoms with E-state index in [0.29, 0.717) is 18.7 Å². The van der Waals surface area contributed by atoms with Crippen LogP contribution in [0.3, 0.4) is 0 Å². The van der Waals surface area contributed by atoms with Crippen molar-refractivity contribution >= 4 is 11.7 Å². The van der Waals surface area contributed by atoms with Gasteiger partial charge in [-0.1, -0.05) is 12.1 Å². The monoisotopic (exact) mass is 281 g/mol. The number of carbonyl (C=O) groups is 1. The second kappa shape index (κ2) is 6.93. The molecule has 0 aliphatic heterocycles. The zero-order valence-corrected chi connectivity index (χ0v) is 12.5. The fourth-order valence-electron chi connectivity index (χ4n) is 1.92. The molecule has 20 heavy (non-hydrogen) atoms. The molecule has 0 aliphatic carbocycles. The van der Waals surface area contributed by atoms with Gasteiger partial charge in [0.15, 0.2) is 0 Å². The standard InChI is InChI=1S/C13H23N5O2/c1-5-10-8-11(18(6-2)15-10)13(19)17(4)9(3)7-12(14)16-20/h8-9,20H,5-7H2,1-4H3,(H2,14,16). The zero-order valence-electron chi connectivity index (χ0n) is 12.5. The summed E-state index contributed by atoms with van der Waals surface area (Å²) < 4.78 is 1.70. The van der Waals surface area contributed by atoms with E-state index in [9.17, 15) is 4.79 Å². The van der Waals surface area contributed by atoms with Crippen molar-refractivity contribution in [2.75, 3.05) is 7.05 Å². The molecule has 3 N–H and O–H groups in total. The van der Waals surface area contributed by atoms with E-state index in [2.05, 4.69) is 10.3 Å². The molecule has 0 spiro atoms. The summed E-state index contributed by atoms with van der Waals surface area (Å²) in [5.74, 6) is -0.00677. The molecule has 0 aromatic carbocycles. The van der Waals surface area contributed by atoms with Gasteiger partial charge in [-0.15, -0.1) is 0 Å². The summed E-state index contributed by atoms with van der Waals surface area (Å²) in [6, 6.07) is 1.65. The van der Waals surface area contributed by atoms with E-state index in [1.807, 2.05) is 26.8 Å². The molecule has 0 radical (unpaired) electrons. The summed E-state index contributed by atoms with van der Waals surface area (Å²) in [5.41, 5.74) is 6.94. The van der Waals surface area contributed by atoms with Crippen molar-refractivity contribution in [3.05, 3.63) is 17.5 Å². The first kappa shape index (κ1) is 16.0. The van der Waals surface area contributed by atoms with Crippen LogP contribution in [0.1, 0.15) is 43.4 Å². The molecular formula is C13H23N5O2. The van der Waals surface area contributed by atoms with E-state index in [0.717, 1.165) is 12.1 Å². The molecule has 1 aromatic rings. The van der Waals surface area contributed by atoms with E-state index >= 15 is 0 Å². The van der Waals surface area contributed by atoms with E-state index in [4.69, 9.17) is 10.9 Å². The molecule has 112 valence electrons. The Kier molecular flexibility index (Phi) is 5.54. The van der Waals surface area contributed by atoms with Crippen molar-refractivity contribution in [3.8, 4) is 0 Å². The summed E-state index contributed by atoms with van der Waals surface area (Å²) in [6.45, 7) is 6.44. The molecule has 1 amide bonds. The van der Waals surface area contributed by atoms with E-state index in [1.165, 1.54) is 0 Å². The molecule has 1 rings (SSSR count). The fourth-order valence-corrected chi connectivity index (χ4v) is 1.92. The number of nitrogens with zero attached hydrogens (tertiary/aromatic N) is 4. The van der Waals surface area contributed by atoms with E-state index in [-0.39, 0.29) is 17.8 Å². The van der Waals surface area contributed by atoms with Gasteiger partial charge in [0.25, 0.3) is 5.91 Å². The third kappa shape index (κ3) is 3.49. The molecule has 0 saturated heterocycles. The van der Waals surface area contributed by atoms with Crippen molar-refractivity contribution in [2.24, 2.45) is 10.9 Å². The van der Waals surface area contributed by atoms with Crippen LogP contribution < -0.4 is 5.73 Å². The quantitative estimate of drug-likeness (QED) is 0.353. The average molecular weight is 281 g/mol. The maximum Gasteiger partial charge on any atom is 0.272 e. The highest BCUT2D eigenvalue weighted by molar-refractivity contribution is 5.93. The predicted molar refractivity (Wildman–Crippen MR) is 76.9 cm³/mol. The van der Waals surface area contributed by atoms with Crippen molar-refractivity contribution < 1.29 is 10.0 Å². The van der Waals surface area contributed by atoms with E-state index in [1.54, 1.807) is 16.6 Å². The topological polar surface area (TPSA) is 96.7 Å². The van der Waals surface area contributed by atoms with Gasteiger partial charge in [-0.05, 0) is 26.3 Å². The van der Waals surface area contributed by atoms with Gasteiger partial charge in [-0.3, -0.25) is 9.48 Å². The number of aromatic nitrogens is 2. The number of amidine groups is 1. The first-order chi connectivity index (χ1) is 9.44. The summed E-state index contributed by atoms with van der Waals surface area (Å²) in [6.07, 6.45) is 1.11. The maximum atomic E-state index is 12.5. The number of hydrogen-bond acceptors (Lipinski definition) is 4. The Morgan fingerprint density at radius 2 is 2.25 bits per heavy atom. The molecule has 7 heteroatoms. The van der Waals surface area contributed by atoms with Gasteiger partial charge in [0, 0.05) is 26.1 Å². The Morgan fingerprint density at radius 3 is 2.75 bits per heavy atom. The second-order valence-electron chi connectivity index (χ2n) is 4.75. The molecule has 0 fully saturated rings. The molecule has 7 nitrogen and oxygen atoms in total. The SMILES string of the molecule is CCc1cc(C(=O)N(C)C(C)CC(N)=NO)n(CC)n1. The zero-order chi connectivity index (χ0) is 15.3. The molecule has 1 heterocycles. The highest BCUT2D eigenvalue weighted by atomic mass is 16.4. The lowest BCUT2D eigenvalue weighted by Gasteiger charge is -2.24. The minimum atomic E-state index is -0.163. The molecule has 1 aromatic heterocycles. The van der Waals surface area contributed by atoms with Crippen LogP contribution in [-0.4, -0.2) is 44.7 Å². The smallest absolute Gasteiger partial charge is 0.272 e. The lowest BCUT2D eigenvalue weighted by atomic mass is 10.2. The first-order valence-corrected chi connectivity index (χ1v) is 6.74. The van der Waals surface area contributed by atoms with Crippen LogP contribution >= 0.6 is 0 Å². The van der Waals surface area contributed by atoms with Crippen molar-refractivity contribution in [3.63, 3.8) is 0 Å². The molecule has 1 unspecified atom stereocenters. The van der Waals surface area contributed by atoms with Crippen LogP contribution in [-0.2, 0) is 13.0 Å². The lowest BCUT2D eigenvalue weighted by Crippen LogP contribution is -2.38. The number of carbonyl (C=O) groups excluding carboxylic acids is 1. The molecule has 1 atom stereocenters. The van der Waals surface area contributed by atoms with Crippen LogP contribution in [0.4, 0.5) is 0 Å². The van der Waals surface area contributed by atoms with Crippen LogP contribution in [0.15, 0.2) is 11.2 Å². The Balaban J connectivity index is 2.90. The van der Waals surface area contributed by atoms with Gasteiger partial charge in [0.1, 0.15) is 11.5 Å². The van der Waals surface area contributed by atoms with Crippen LogP contribution in [0.2, 0.25) is 0 Å². The molecule has 0 bridgehead atoms. The third-order valence-corrected chi connectivity index (χ3v) is 3.33. The minimum Gasteiger partial charge on any atom is -0.409 e. The average Bonchev–Trinajstić information content (AvgIpc) is 2.88. The highest BCUT2D eigenvalue weighted by Crippen LogP contribution is 2.11. The van der Waals surface area contributed by atoms with Gasteiger partial charge in [0.2, 0.25) is 0 Å². The summed E-state index contributed by atoms with van der Waals surface area (Å²) in [7, 11) is 1.70. The normalized spacial score (nSPS) is 13.3. The molecule has 0 saturated carbocycles. The summed E-state index contributed by atoms with van der Waals surface area (Å²) in [4.78, 5) is 14.1. The highest BCUT2D eigenvalue weighted by Gasteiger charge is 2.22. The summed E-state index contributed by atoms with van der Waals surface area (Å²) >= 11 is 0. The summed E-state index contributed by atoms with van der Waals surface area (Å²) in [5, 5.41) is 15.9. The predicted octanol–water partition coefficient (Wildman–Crippen LogP) is 1.06. The van der Waals surface area contributed by atoms with Crippen LogP contribution in [0.5, 0.6) is 0 Å². The Bertz CT molecular complexity index is 495. The number of rotatable bonds is 6. The number of nitrogens with two attached hydrogens (primary N) is 1. The number of amides is 1. The van der Waals surface area contributed by atoms with Gasteiger partial charge in [-0.2, -0.15) is 5.10 Å². The first-order valence-electron chi connectivity index (χ1n) is 6.74. The van der Waals surface area contributed by atoms with E-state index < -0.39 is 0 Å². The van der Waals surface area contributed by atoms with Crippen molar-refractivity contribution in [1.29, 1.82) is 0 Å². The third-order valence-electron chi connectivity index (χ3n) is 3.33. The minimum absolute atomic E-state index is 0.107. The van der Waals surface area contributed by atoms with Crippen molar-refractivity contribution in [2.45, 2.75) is 46.2 Å². The fraction of sp³-hybridized carbons (Fsp3) is 0.615. The van der Waals surface area contributed by atoms with Gasteiger partial charge >= 0.3 is 0 Å². The van der Waals surface area contributed by atoms with Gasteiger partial charge in [0.05, 0.1) is 5.69 Å². The molecular weight excluding hydrogens is 258 g/mol. The maximum absolute atomic E-state index is 12.5. The molecule has 0 aliphatic rings. The van der Waals surface area contributed by atoms with Crippen molar-refractivity contribution in [1.82, 2.24) is 14.7 Å². The van der Waals surface area contributed by atoms with Gasteiger partial charge < -0.3 is 15.8 Å². The van der Waals surface area contributed by atoms with Crippen LogP contribution in [0.25, 0.3) is 0 Å². The lowest BCUT2D eigenvalue weighted by molar-refractivity contribution is 0.0734. The largest absolute Gasteiger partial charge is 0.409 e.